The second kappa shape index (κ2) is 5.87. The molecule has 1 aromatic heterocycles. The first-order chi connectivity index (χ1) is 8.61. The summed E-state index contributed by atoms with van der Waals surface area (Å²) in [6, 6.07) is 2.11. The third-order valence-corrected chi connectivity index (χ3v) is 4.90. The Labute approximate surface area is 114 Å². The smallest absolute Gasteiger partial charge is 0.263 e. The van der Waals surface area contributed by atoms with Crippen molar-refractivity contribution in [3.8, 4) is 0 Å². The summed E-state index contributed by atoms with van der Waals surface area (Å²) in [6.07, 6.45) is 4.54. The van der Waals surface area contributed by atoms with Crippen LogP contribution in [0.5, 0.6) is 0 Å². The molecular formula is C15H23NOS. The van der Waals surface area contributed by atoms with Crippen molar-refractivity contribution in [3.05, 3.63) is 21.4 Å². The Bertz CT molecular complexity index is 416. The third kappa shape index (κ3) is 2.94. The van der Waals surface area contributed by atoms with E-state index in [1.165, 1.54) is 10.4 Å². The van der Waals surface area contributed by atoms with Crippen LogP contribution in [0.4, 0.5) is 0 Å². The van der Waals surface area contributed by atoms with Gasteiger partial charge in [-0.1, -0.05) is 20.3 Å². The minimum Gasteiger partial charge on any atom is -0.338 e. The van der Waals surface area contributed by atoms with Crippen LogP contribution in [-0.2, 0) is 6.42 Å². The summed E-state index contributed by atoms with van der Waals surface area (Å²) in [5, 5.41) is 0. The lowest BCUT2D eigenvalue weighted by molar-refractivity contribution is 0.0702. The van der Waals surface area contributed by atoms with E-state index in [1.54, 1.807) is 11.3 Å². The van der Waals surface area contributed by atoms with E-state index in [0.29, 0.717) is 0 Å². The Kier molecular flexibility index (Phi) is 4.44. The van der Waals surface area contributed by atoms with Gasteiger partial charge in [0.15, 0.2) is 0 Å². The Morgan fingerprint density at radius 1 is 1.44 bits per heavy atom. The van der Waals surface area contributed by atoms with E-state index in [2.05, 4.69) is 26.8 Å². The van der Waals surface area contributed by atoms with Gasteiger partial charge in [-0.2, -0.15) is 0 Å². The first-order valence-corrected chi connectivity index (χ1v) is 7.82. The van der Waals surface area contributed by atoms with Crippen molar-refractivity contribution in [1.82, 2.24) is 4.90 Å². The van der Waals surface area contributed by atoms with Gasteiger partial charge < -0.3 is 4.90 Å². The molecule has 1 aliphatic heterocycles. The molecule has 18 heavy (non-hydrogen) atoms. The molecule has 0 aliphatic carbocycles. The quantitative estimate of drug-likeness (QED) is 0.812. The SMILES string of the molecule is CCCc1cc(C(=O)N2CCC(C)CC2)sc1C. The van der Waals surface area contributed by atoms with Gasteiger partial charge in [-0.3, -0.25) is 4.79 Å². The van der Waals surface area contributed by atoms with Crippen molar-refractivity contribution in [2.45, 2.75) is 46.5 Å². The summed E-state index contributed by atoms with van der Waals surface area (Å²) >= 11 is 1.67. The van der Waals surface area contributed by atoms with Gasteiger partial charge >= 0.3 is 0 Å². The van der Waals surface area contributed by atoms with Gasteiger partial charge in [0.05, 0.1) is 4.88 Å². The van der Waals surface area contributed by atoms with E-state index in [0.717, 1.165) is 49.6 Å². The lowest BCUT2D eigenvalue weighted by atomic mass is 9.99. The Balaban J connectivity index is 2.06. The van der Waals surface area contributed by atoms with E-state index in [1.807, 2.05) is 4.90 Å². The first-order valence-electron chi connectivity index (χ1n) is 7.00. The molecule has 0 spiro atoms. The summed E-state index contributed by atoms with van der Waals surface area (Å²) in [5.74, 6) is 1.02. The highest BCUT2D eigenvalue weighted by Gasteiger charge is 2.23. The number of carbonyl (C=O) groups excluding carboxylic acids is 1. The van der Waals surface area contributed by atoms with Crippen LogP contribution in [0.2, 0.25) is 0 Å². The third-order valence-electron chi connectivity index (χ3n) is 3.82. The maximum Gasteiger partial charge on any atom is 0.263 e. The second-order valence-corrected chi connectivity index (χ2v) is 6.67. The minimum atomic E-state index is 0.248. The highest BCUT2D eigenvalue weighted by molar-refractivity contribution is 7.14. The van der Waals surface area contributed by atoms with Crippen LogP contribution in [0.1, 0.15) is 53.2 Å². The number of thiophene rings is 1. The summed E-state index contributed by atoms with van der Waals surface area (Å²) in [4.78, 5) is 16.7. The van der Waals surface area contributed by atoms with Crippen LogP contribution in [0.25, 0.3) is 0 Å². The lowest BCUT2D eigenvalue weighted by Crippen LogP contribution is -2.37. The van der Waals surface area contributed by atoms with Gasteiger partial charge in [0.2, 0.25) is 0 Å². The van der Waals surface area contributed by atoms with E-state index in [4.69, 9.17) is 0 Å². The monoisotopic (exact) mass is 265 g/mol. The molecule has 0 radical (unpaired) electrons. The lowest BCUT2D eigenvalue weighted by Gasteiger charge is -2.29. The number of carbonyl (C=O) groups is 1. The zero-order valence-electron chi connectivity index (χ0n) is 11.7. The van der Waals surface area contributed by atoms with Crippen molar-refractivity contribution in [2.24, 2.45) is 5.92 Å². The zero-order valence-corrected chi connectivity index (χ0v) is 12.5. The standard InChI is InChI=1S/C15H23NOS/c1-4-5-13-10-14(18-12(13)3)15(17)16-8-6-11(2)7-9-16/h10-11H,4-9H2,1-3H3. The van der Waals surface area contributed by atoms with Crippen molar-refractivity contribution >= 4 is 17.2 Å². The molecule has 100 valence electrons. The molecule has 1 aromatic rings. The molecule has 1 saturated heterocycles. The molecule has 0 unspecified atom stereocenters. The van der Waals surface area contributed by atoms with Gasteiger partial charge in [0.25, 0.3) is 5.91 Å². The van der Waals surface area contributed by atoms with Crippen LogP contribution in [0.15, 0.2) is 6.07 Å². The zero-order chi connectivity index (χ0) is 13.1. The number of likely N-dealkylation sites (tertiary alicyclic amines) is 1. The van der Waals surface area contributed by atoms with Crippen LogP contribution >= 0.6 is 11.3 Å². The van der Waals surface area contributed by atoms with Crippen LogP contribution in [0, 0.1) is 12.8 Å². The van der Waals surface area contributed by atoms with Crippen molar-refractivity contribution in [1.29, 1.82) is 0 Å². The number of hydrogen-bond donors (Lipinski definition) is 0. The highest BCUT2D eigenvalue weighted by atomic mass is 32.1. The van der Waals surface area contributed by atoms with Crippen molar-refractivity contribution in [3.63, 3.8) is 0 Å². The fourth-order valence-corrected chi connectivity index (χ4v) is 3.55. The number of piperidine rings is 1. The highest BCUT2D eigenvalue weighted by Crippen LogP contribution is 2.26. The average Bonchev–Trinajstić information content (AvgIpc) is 2.72. The minimum absolute atomic E-state index is 0.248. The van der Waals surface area contributed by atoms with Crippen LogP contribution in [0.3, 0.4) is 0 Å². The fraction of sp³-hybridized carbons (Fsp3) is 0.667. The summed E-state index contributed by atoms with van der Waals surface area (Å²) in [6.45, 7) is 8.45. The van der Waals surface area contributed by atoms with Crippen LogP contribution in [-0.4, -0.2) is 23.9 Å². The molecule has 0 atom stereocenters. The molecule has 0 aromatic carbocycles. The van der Waals surface area contributed by atoms with Crippen molar-refractivity contribution in [2.75, 3.05) is 13.1 Å². The summed E-state index contributed by atoms with van der Waals surface area (Å²) in [5.41, 5.74) is 1.36. The molecule has 1 fully saturated rings. The predicted octanol–water partition coefficient (Wildman–Crippen LogP) is 3.88. The number of amides is 1. The van der Waals surface area contributed by atoms with E-state index in [9.17, 15) is 4.79 Å². The fourth-order valence-electron chi connectivity index (χ4n) is 2.51. The molecule has 1 amide bonds. The van der Waals surface area contributed by atoms with Crippen molar-refractivity contribution < 1.29 is 4.79 Å². The maximum absolute atomic E-state index is 12.4. The topological polar surface area (TPSA) is 20.3 Å². The second-order valence-electron chi connectivity index (χ2n) is 5.42. The molecule has 2 nitrogen and oxygen atoms in total. The van der Waals surface area contributed by atoms with E-state index >= 15 is 0 Å². The van der Waals surface area contributed by atoms with E-state index in [-0.39, 0.29) is 5.91 Å². The number of aryl methyl sites for hydroxylation is 2. The maximum atomic E-state index is 12.4. The van der Waals surface area contributed by atoms with Gasteiger partial charge in [-0.15, -0.1) is 11.3 Å². The Hall–Kier alpha value is -0.830. The predicted molar refractivity (Wildman–Crippen MR) is 77.4 cm³/mol. The van der Waals surface area contributed by atoms with Crippen LogP contribution < -0.4 is 0 Å². The molecule has 2 heterocycles. The molecule has 1 aliphatic rings. The number of nitrogens with zero attached hydrogens (tertiary/aromatic N) is 1. The normalized spacial score (nSPS) is 17.2. The molecule has 0 bridgehead atoms. The largest absolute Gasteiger partial charge is 0.338 e. The first kappa shape index (κ1) is 13.6. The van der Waals surface area contributed by atoms with Gasteiger partial charge in [0.1, 0.15) is 0 Å². The molecule has 0 saturated carbocycles. The summed E-state index contributed by atoms with van der Waals surface area (Å²) in [7, 11) is 0. The molecule has 3 heteroatoms. The van der Waals surface area contributed by atoms with Gasteiger partial charge in [0, 0.05) is 18.0 Å². The summed E-state index contributed by atoms with van der Waals surface area (Å²) < 4.78 is 0. The van der Waals surface area contributed by atoms with E-state index < -0.39 is 0 Å². The molecule has 2 rings (SSSR count). The van der Waals surface area contributed by atoms with Gasteiger partial charge in [-0.25, -0.2) is 0 Å². The molecular weight excluding hydrogens is 242 g/mol. The number of hydrogen-bond acceptors (Lipinski definition) is 2. The average molecular weight is 265 g/mol. The Morgan fingerprint density at radius 3 is 2.72 bits per heavy atom. The molecule has 0 N–H and O–H groups in total. The number of rotatable bonds is 3. The van der Waals surface area contributed by atoms with Gasteiger partial charge in [-0.05, 0) is 43.7 Å². The Morgan fingerprint density at radius 2 is 2.11 bits per heavy atom.